The van der Waals surface area contributed by atoms with Crippen LogP contribution in [-0.2, 0) is 6.54 Å². The molecule has 1 aliphatic carbocycles. The Morgan fingerprint density at radius 1 is 1.03 bits per heavy atom. The van der Waals surface area contributed by atoms with Gasteiger partial charge in [-0.2, -0.15) is 0 Å². The van der Waals surface area contributed by atoms with Gasteiger partial charge in [0.15, 0.2) is 0 Å². The van der Waals surface area contributed by atoms with E-state index in [0.29, 0.717) is 6.04 Å². The van der Waals surface area contributed by atoms with Crippen LogP contribution in [0.1, 0.15) is 55.5 Å². The Hall–Kier alpha value is -1.89. The highest BCUT2D eigenvalue weighted by molar-refractivity contribution is 7.10. The highest BCUT2D eigenvalue weighted by Gasteiger charge is 2.31. The molecule has 2 aliphatic rings. The number of hydrogen-bond donors (Lipinski definition) is 2. The lowest BCUT2D eigenvalue weighted by molar-refractivity contribution is 0.0796. The lowest BCUT2D eigenvalue weighted by Crippen LogP contribution is -2.54. The molecule has 2 heterocycles. The van der Waals surface area contributed by atoms with E-state index >= 15 is 0 Å². The van der Waals surface area contributed by atoms with Crippen LogP contribution in [0.15, 0.2) is 47.8 Å². The summed E-state index contributed by atoms with van der Waals surface area (Å²) in [7, 11) is 0. The molecule has 1 saturated heterocycles. The number of amides is 2. The van der Waals surface area contributed by atoms with E-state index in [0.717, 1.165) is 45.6 Å². The molecule has 2 amide bonds. The van der Waals surface area contributed by atoms with Crippen molar-refractivity contribution in [1.82, 2.24) is 20.4 Å². The van der Waals surface area contributed by atoms with Crippen LogP contribution in [0.2, 0.25) is 0 Å². The fourth-order valence-electron chi connectivity index (χ4n) is 5.00. The Morgan fingerprint density at radius 3 is 2.45 bits per heavy atom. The van der Waals surface area contributed by atoms with Gasteiger partial charge in [-0.1, -0.05) is 55.7 Å². The van der Waals surface area contributed by atoms with Gasteiger partial charge < -0.3 is 10.6 Å². The van der Waals surface area contributed by atoms with Crippen molar-refractivity contribution in [1.29, 1.82) is 0 Å². The molecule has 4 rings (SSSR count). The Balaban J connectivity index is 1.34. The van der Waals surface area contributed by atoms with E-state index in [-0.39, 0.29) is 18.1 Å². The summed E-state index contributed by atoms with van der Waals surface area (Å²) in [5, 5.41) is 8.62. The van der Waals surface area contributed by atoms with Gasteiger partial charge in [0.1, 0.15) is 0 Å². The summed E-state index contributed by atoms with van der Waals surface area (Å²) in [5.41, 5.74) is 1.38. The second kappa shape index (κ2) is 11.1. The van der Waals surface area contributed by atoms with E-state index in [1.165, 1.54) is 29.7 Å². The van der Waals surface area contributed by atoms with Gasteiger partial charge in [-0.05, 0) is 36.8 Å². The van der Waals surface area contributed by atoms with Crippen molar-refractivity contribution in [2.24, 2.45) is 0 Å². The molecule has 6 heteroatoms. The standard InChI is InChI=1S/C25H36N4OS/c1-20(26-25(30)27-22-11-6-3-7-12-22)24(23-13-8-18-31-23)29-16-14-28(15-17-29)19-21-9-4-2-5-10-21/h2,4-5,8-10,13,18,20,22,24H,3,6-7,11-12,14-17,19H2,1H3,(H2,26,27,30)/t20-,24-/m1/s1. The fourth-order valence-corrected chi connectivity index (χ4v) is 5.97. The largest absolute Gasteiger partial charge is 0.335 e. The third-order valence-electron chi connectivity index (χ3n) is 6.66. The number of piperazine rings is 1. The molecule has 0 bridgehead atoms. The maximum Gasteiger partial charge on any atom is 0.315 e. The van der Waals surface area contributed by atoms with Gasteiger partial charge in [-0.15, -0.1) is 11.3 Å². The average molecular weight is 441 g/mol. The highest BCUT2D eigenvalue weighted by atomic mass is 32.1. The quantitative estimate of drug-likeness (QED) is 0.660. The topological polar surface area (TPSA) is 47.6 Å². The first-order chi connectivity index (χ1) is 15.2. The van der Waals surface area contributed by atoms with Gasteiger partial charge in [0.2, 0.25) is 0 Å². The summed E-state index contributed by atoms with van der Waals surface area (Å²) in [6, 6.07) is 15.6. The number of thiophene rings is 1. The van der Waals surface area contributed by atoms with Crippen molar-refractivity contribution >= 4 is 17.4 Å². The van der Waals surface area contributed by atoms with E-state index in [9.17, 15) is 4.79 Å². The van der Waals surface area contributed by atoms with Crippen LogP contribution in [0.4, 0.5) is 4.79 Å². The van der Waals surface area contributed by atoms with Crippen molar-refractivity contribution in [2.45, 2.75) is 63.7 Å². The molecule has 1 aromatic carbocycles. The predicted octanol–water partition coefficient (Wildman–Crippen LogP) is 4.63. The van der Waals surface area contributed by atoms with E-state index in [1.807, 2.05) is 0 Å². The summed E-state index contributed by atoms with van der Waals surface area (Å²) < 4.78 is 0. The number of rotatable bonds is 7. The molecule has 5 nitrogen and oxygen atoms in total. The monoisotopic (exact) mass is 440 g/mol. The van der Waals surface area contributed by atoms with E-state index < -0.39 is 0 Å². The molecule has 0 unspecified atom stereocenters. The predicted molar refractivity (Wildman–Crippen MR) is 128 cm³/mol. The third kappa shape index (κ3) is 6.31. The van der Waals surface area contributed by atoms with Crippen LogP contribution in [0, 0.1) is 0 Å². The lowest BCUT2D eigenvalue weighted by atomic mass is 9.96. The number of hydrogen-bond acceptors (Lipinski definition) is 4. The molecule has 0 radical (unpaired) electrons. The number of urea groups is 1. The molecule has 2 aromatic rings. The molecule has 1 saturated carbocycles. The number of carbonyl (C=O) groups is 1. The van der Waals surface area contributed by atoms with Crippen molar-refractivity contribution < 1.29 is 4.79 Å². The van der Waals surface area contributed by atoms with Crippen LogP contribution < -0.4 is 10.6 Å². The van der Waals surface area contributed by atoms with E-state index in [4.69, 9.17) is 0 Å². The minimum atomic E-state index is -0.0105. The van der Waals surface area contributed by atoms with Gasteiger partial charge >= 0.3 is 6.03 Å². The first kappa shape index (κ1) is 22.3. The van der Waals surface area contributed by atoms with Crippen molar-refractivity contribution in [3.05, 3.63) is 58.3 Å². The van der Waals surface area contributed by atoms with Gasteiger partial charge in [-0.25, -0.2) is 4.79 Å². The van der Waals surface area contributed by atoms with Crippen LogP contribution in [0.3, 0.4) is 0 Å². The molecule has 31 heavy (non-hydrogen) atoms. The van der Waals surface area contributed by atoms with E-state index in [1.54, 1.807) is 11.3 Å². The summed E-state index contributed by atoms with van der Waals surface area (Å²) in [6.07, 6.45) is 5.98. The zero-order chi connectivity index (χ0) is 21.5. The lowest BCUT2D eigenvalue weighted by Gasteiger charge is -2.41. The van der Waals surface area contributed by atoms with Crippen molar-refractivity contribution in [3.8, 4) is 0 Å². The maximum atomic E-state index is 12.7. The Bertz CT molecular complexity index is 783. The van der Waals surface area contributed by atoms with Crippen LogP contribution >= 0.6 is 11.3 Å². The maximum absolute atomic E-state index is 12.7. The minimum absolute atomic E-state index is 0.0105. The zero-order valence-electron chi connectivity index (χ0n) is 18.6. The Morgan fingerprint density at radius 2 is 1.77 bits per heavy atom. The highest BCUT2D eigenvalue weighted by Crippen LogP contribution is 2.29. The van der Waals surface area contributed by atoms with Crippen molar-refractivity contribution in [2.75, 3.05) is 26.2 Å². The molecule has 1 aliphatic heterocycles. The second-order valence-corrected chi connectivity index (χ2v) is 9.98. The molecule has 2 fully saturated rings. The normalized spacial score (nSPS) is 20.8. The van der Waals surface area contributed by atoms with Crippen molar-refractivity contribution in [3.63, 3.8) is 0 Å². The first-order valence-electron chi connectivity index (χ1n) is 11.8. The van der Waals surface area contributed by atoms with E-state index in [2.05, 4.69) is 75.2 Å². The number of benzene rings is 1. The second-order valence-electron chi connectivity index (χ2n) is 9.00. The van der Waals surface area contributed by atoms with Gasteiger partial charge in [0.05, 0.1) is 6.04 Å². The molecule has 2 atom stereocenters. The first-order valence-corrected chi connectivity index (χ1v) is 12.7. The molecular weight excluding hydrogens is 404 g/mol. The molecule has 2 N–H and O–H groups in total. The third-order valence-corrected chi connectivity index (χ3v) is 7.60. The molecular formula is C25H36N4OS. The average Bonchev–Trinajstić information content (AvgIpc) is 3.31. The Labute approximate surface area is 190 Å². The van der Waals surface area contributed by atoms with Crippen LogP contribution in [0.25, 0.3) is 0 Å². The van der Waals surface area contributed by atoms with Gasteiger partial charge in [0, 0.05) is 49.7 Å². The SMILES string of the molecule is C[C@@H](NC(=O)NC1CCCCC1)[C@H](c1cccs1)N1CCN(Cc2ccccc2)CC1. The number of nitrogens with one attached hydrogen (secondary N) is 2. The minimum Gasteiger partial charge on any atom is -0.335 e. The number of nitrogens with zero attached hydrogens (tertiary/aromatic N) is 2. The van der Waals surface area contributed by atoms with Gasteiger partial charge in [-0.3, -0.25) is 9.80 Å². The molecule has 168 valence electrons. The summed E-state index contributed by atoms with van der Waals surface area (Å²) >= 11 is 1.79. The summed E-state index contributed by atoms with van der Waals surface area (Å²) in [6.45, 7) is 7.31. The summed E-state index contributed by atoms with van der Waals surface area (Å²) in [5.74, 6) is 0. The Kier molecular flexibility index (Phi) is 8.00. The zero-order valence-corrected chi connectivity index (χ0v) is 19.4. The van der Waals surface area contributed by atoms with Crippen LogP contribution in [-0.4, -0.2) is 54.1 Å². The smallest absolute Gasteiger partial charge is 0.315 e. The number of carbonyl (C=O) groups excluding carboxylic acids is 1. The molecule has 0 spiro atoms. The summed E-state index contributed by atoms with van der Waals surface area (Å²) in [4.78, 5) is 19.1. The fraction of sp³-hybridized carbons (Fsp3) is 0.560. The molecule has 1 aromatic heterocycles. The van der Waals surface area contributed by atoms with Crippen LogP contribution in [0.5, 0.6) is 0 Å². The van der Waals surface area contributed by atoms with Gasteiger partial charge in [0.25, 0.3) is 0 Å².